The van der Waals surface area contributed by atoms with E-state index in [0.29, 0.717) is 11.3 Å². The Morgan fingerprint density at radius 1 is 1.26 bits per heavy atom. The Kier molecular flexibility index (Phi) is 5.35. The van der Waals surface area contributed by atoms with Crippen LogP contribution in [0.1, 0.15) is 25.8 Å². The molecular formula is C13H19NO4S. The molecule has 1 atom stereocenters. The van der Waals surface area contributed by atoms with Gasteiger partial charge in [-0.2, -0.15) is 0 Å². The Morgan fingerprint density at radius 2 is 1.84 bits per heavy atom. The van der Waals surface area contributed by atoms with Crippen LogP contribution in [-0.4, -0.2) is 26.2 Å². The molecule has 0 radical (unpaired) electrons. The predicted molar refractivity (Wildman–Crippen MR) is 74.2 cm³/mol. The molecule has 0 aromatic heterocycles. The number of carbonyl (C=O) groups excluding carboxylic acids is 1. The van der Waals surface area contributed by atoms with E-state index >= 15 is 0 Å². The summed E-state index contributed by atoms with van der Waals surface area (Å²) in [7, 11) is -3.58. The van der Waals surface area contributed by atoms with Crippen molar-refractivity contribution < 1.29 is 17.9 Å². The van der Waals surface area contributed by atoms with Gasteiger partial charge in [0.15, 0.2) is 15.1 Å². The first kappa shape index (κ1) is 15.5. The molecule has 0 amide bonds. The molecule has 19 heavy (non-hydrogen) atoms. The van der Waals surface area contributed by atoms with E-state index in [0.717, 1.165) is 0 Å². The monoisotopic (exact) mass is 285 g/mol. The number of sulfone groups is 1. The molecule has 5 nitrogen and oxygen atoms in total. The first-order chi connectivity index (χ1) is 8.90. The van der Waals surface area contributed by atoms with Crippen molar-refractivity contribution in [2.24, 2.45) is 0 Å². The fourth-order valence-corrected chi connectivity index (χ4v) is 3.48. The van der Waals surface area contributed by atoms with Crippen LogP contribution in [0.25, 0.3) is 0 Å². The molecule has 1 aromatic rings. The molecule has 0 aliphatic heterocycles. The van der Waals surface area contributed by atoms with Crippen LogP contribution in [0, 0.1) is 0 Å². The van der Waals surface area contributed by atoms with E-state index < -0.39 is 21.1 Å². The maximum absolute atomic E-state index is 12.2. The van der Waals surface area contributed by atoms with Crippen molar-refractivity contribution in [2.45, 2.75) is 31.3 Å². The van der Waals surface area contributed by atoms with Crippen molar-refractivity contribution >= 4 is 21.5 Å². The minimum atomic E-state index is -3.58. The summed E-state index contributed by atoms with van der Waals surface area (Å²) >= 11 is 0. The molecule has 0 fully saturated rings. The van der Waals surface area contributed by atoms with Crippen LogP contribution in [-0.2, 0) is 25.1 Å². The van der Waals surface area contributed by atoms with Crippen molar-refractivity contribution in [3.63, 3.8) is 0 Å². The molecule has 0 heterocycles. The SMILES string of the molecule is CCOC(=O)C(CC)S(=O)(=O)Cc1ccc(N)cc1. The van der Waals surface area contributed by atoms with E-state index in [4.69, 9.17) is 10.5 Å². The summed E-state index contributed by atoms with van der Waals surface area (Å²) in [4.78, 5) is 11.6. The van der Waals surface area contributed by atoms with Crippen molar-refractivity contribution in [1.29, 1.82) is 0 Å². The first-order valence-corrected chi connectivity index (χ1v) is 7.84. The second kappa shape index (κ2) is 6.56. The maximum Gasteiger partial charge on any atom is 0.324 e. The number of nitrogen functional groups attached to an aromatic ring is 1. The van der Waals surface area contributed by atoms with Crippen molar-refractivity contribution in [2.75, 3.05) is 12.3 Å². The number of benzene rings is 1. The second-order valence-corrected chi connectivity index (χ2v) is 6.38. The Balaban J connectivity index is 2.89. The zero-order valence-electron chi connectivity index (χ0n) is 11.1. The van der Waals surface area contributed by atoms with Crippen LogP contribution < -0.4 is 5.73 Å². The molecule has 0 saturated heterocycles. The van der Waals surface area contributed by atoms with Crippen molar-refractivity contribution in [3.05, 3.63) is 29.8 Å². The van der Waals surface area contributed by atoms with E-state index in [1.165, 1.54) is 0 Å². The Morgan fingerprint density at radius 3 is 2.32 bits per heavy atom. The summed E-state index contributed by atoms with van der Waals surface area (Å²) in [6.07, 6.45) is 0.205. The minimum Gasteiger partial charge on any atom is -0.465 e. The average molecular weight is 285 g/mol. The molecule has 0 saturated carbocycles. The van der Waals surface area contributed by atoms with Gasteiger partial charge in [0.25, 0.3) is 0 Å². The fraction of sp³-hybridized carbons (Fsp3) is 0.462. The minimum absolute atomic E-state index is 0.173. The highest BCUT2D eigenvalue weighted by atomic mass is 32.2. The lowest BCUT2D eigenvalue weighted by molar-refractivity contribution is -0.142. The van der Waals surface area contributed by atoms with E-state index in [-0.39, 0.29) is 18.8 Å². The summed E-state index contributed by atoms with van der Waals surface area (Å²) in [5, 5.41) is -1.11. The van der Waals surface area contributed by atoms with Gasteiger partial charge in [-0.3, -0.25) is 4.79 Å². The molecule has 1 rings (SSSR count). The molecule has 0 aliphatic rings. The Labute approximate surface area is 113 Å². The summed E-state index contributed by atoms with van der Waals surface area (Å²) in [6.45, 7) is 3.48. The van der Waals surface area contributed by atoms with E-state index in [9.17, 15) is 13.2 Å². The third kappa shape index (κ3) is 4.24. The topological polar surface area (TPSA) is 86.5 Å². The van der Waals surface area contributed by atoms with Gasteiger partial charge >= 0.3 is 5.97 Å². The number of anilines is 1. The summed E-state index contributed by atoms with van der Waals surface area (Å²) < 4.78 is 29.2. The van der Waals surface area contributed by atoms with Gasteiger partial charge in [0, 0.05) is 5.69 Å². The van der Waals surface area contributed by atoms with Crippen molar-refractivity contribution in [1.82, 2.24) is 0 Å². The van der Waals surface area contributed by atoms with Crippen LogP contribution in [0.2, 0.25) is 0 Å². The lowest BCUT2D eigenvalue weighted by Crippen LogP contribution is -2.32. The van der Waals surface area contributed by atoms with Gasteiger partial charge in [0.1, 0.15) is 0 Å². The van der Waals surface area contributed by atoms with Gasteiger partial charge in [-0.1, -0.05) is 19.1 Å². The first-order valence-electron chi connectivity index (χ1n) is 6.13. The normalized spacial score (nSPS) is 12.9. The molecule has 0 aliphatic carbocycles. The number of carbonyl (C=O) groups is 1. The number of hydrogen-bond donors (Lipinski definition) is 1. The lowest BCUT2D eigenvalue weighted by atomic mass is 10.2. The molecule has 106 valence electrons. The van der Waals surface area contributed by atoms with Gasteiger partial charge in [-0.05, 0) is 31.0 Å². The number of ether oxygens (including phenoxy) is 1. The molecule has 1 unspecified atom stereocenters. The number of rotatable bonds is 6. The van der Waals surface area contributed by atoms with Crippen LogP contribution in [0.15, 0.2) is 24.3 Å². The quantitative estimate of drug-likeness (QED) is 0.632. The smallest absolute Gasteiger partial charge is 0.324 e. The largest absolute Gasteiger partial charge is 0.465 e. The summed E-state index contributed by atoms with van der Waals surface area (Å²) in [5.41, 5.74) is 6.72. The predicted octanol–water partition coefficient (Wildman–Crippen LogP) is 1.53. The third-order valence-corrected chi connectivity index (χ3v) is 4.83. The molecule has 0 bridgehead atoms. The van der Waals surface area contributed by atoms with E-state index in [1.54, 1.807) is 38.1 Å². The van der Waals surface area contributed by atoms with E-state index in [1.807, 2.05) is 0 Å². The summed E-state index contributed by atoms with van der Waals surface area (Å²) in [5.74, 6) is -0.870. The number of esters is 1. The second-order valence-electron chi connectivity index (χ2n) is 4.20. The Bertz CT molecular complexity index is 522. The zero-order valence-corrected chi connectivity index (χ0v) is 11.9. The van der Waals surface area contributed by atoms with Gasteiger partial charge in [-0.25, -0.2) is 8.42 Å². The highest BCUT2D eigenvalue weighted by Gasteiger charge is 2.32. The molecule has 2 N–H and O–H groups in total. The standard InChI is InChI=1S/C13H19NO4S/c1-3-12(13(15)18-4-2)19(16,17)9-10-5-7-11(14)8-6-10/h5-8,12H,3-4,9,14H2,1-2H3. The van der Waals surface area contributed by atoms with Crippen LogP contribution in [0.5, 0.6) is 0 Å². The van der Waals surface area contributed by atoms with Crippen molar-refractivity contribution in [3.8, 4) is 0 Å². The third-order valence-electron chi connectivity index (χ3n) is 2.70. The van der Waals surface area contributed by atoms with Crippen LogP contribution in [0.4, 0.5) is 5.69 Å². The van der Waals surface area contributed by atoms with E-state index in [2.05, 4.69) is 0 Å². The maximum atomic E-state index is 12.2. The fourth-order valence-electron chi connectivity index (χ4n) is 1.75. The van der Waals surface area contributed by atoms with Gasteiger partial charge in [-0.15, -0.1) is 0 Å². The average Bonchev–Trinajstić information content (AvgIpc) is 2.32. The number of nitrogens with two attached hydrogens (primary N) is 1. The van der Waals surface area contributed by atoms with Gasteiger partial charge in [0.05, 0.1) is 12.4 Å². The highest BCUT2D eigenvalue weighted by molar-refractivity contribution is 7.92. The van der Waals surface area contributed by atoms with Gasteiger partial charge < -0.3 is 10.5 Å². The molecule has 6 heteroatoms. The Hall–Kier alpha value is -1.56. The molecular weight excluding hydrogens is 266 g/mol. The molecule has 1 aromatic carbocycles. The van der Waals surface area contributed by atoms with Gasteiger partial charge in [0.2, 0.25) is 0 Å². The highest BCUT2D eigenvalue weighted by Crippen LogP contribution is 2.16. The van der Waals surface area contributed by atoms with Crippen LogP contribution >= 0.6 is 0 Å². The molecule has 0 spiro atoms. The van der Waals surface area contributed by atoms with Crippen LogP contribution in [0.3, 0.4) is 0 Å². The number of hydrogen-bond acceptors (Lipinski definition) is 5. The lowest BCUT2D eigenvalue weighted by Gasteiger charge is -2.14. The summed E-state index contributed by atoms with van der Waals surface area (Å²) in [6, 6.07) is 6.56. The zero-order chi connectivity index (χ0) is 14.5.